The third-order valence-corrected chi connectivity index (χ3v) is 4.15. The summed E-state index contributed by atoms with van der Waals surface area (Å²) in [7, 11) is 0. The summed E-state index contributed by atoms with van der Waals surface area (Å²) in [5.74, 6) is 4.68. The molecule has 1 rings (SSSR count). The Balaban J connectivity index is -0.000000114. The van der Waals surface area contributed by atoms with Crippen LogP contribution in [0.3, 0.4) is 0 Å². The Hall–Kier alpha value is 0.288. The summed E-state index contributed by atoms with van der Waals surface area (Å²) in [5.41, 5.74) is 4.50. The molecule has 0 spiro atoms. The van der Waals surface area contributed by atoms with Gasteiger partial charge in [0.25, 0.3) is 0 Å². The molecule has 1 radical (unpaired) electrons. The van der Waals surface area contributed by atoms with Gasteiger partial charge in [-0.1, -0.05) is 40.2 Å². The molecule has 3 heteroatoms. The first-order valence-electron chi connectivity index (χ1n) is 4.76. The molecule has 0 aromatic carbocycles. The topological polar surface area (TPSA) is 40.9 Å². The molecule has 0 aromatic heterocycles. The van der Waals surface area contributed by atoms with Crippen molar-refractivity contribution in [3.05, 3.63) is 19.8 Å². The zero-order valence-electron chi connectivity index (χ0n) is 11.2. The maximum absolute atomic E-state index is 7.50. The van der Waals surface area contributed by atoms with Crippen LogP contribution in [0.4, 0.5) is 0 Å². The third kappa shape index (κ3) is 5.24. The van der Waals surface area contributed by atoms with Crippen molar-refractivity contribution in [2.75, 3.05) is 0 Å². The average molecular weight is 297 g/mol. The van der Waals surface area contributed by atoms with Crippen LogP contribution in [0.25, 0.3) is 0 Å². The number of hydrogen-bond acceptors (Lipinski definition) is 2. The number of nitrogens with one attached hydrogen (secondary N) is 1. The van der Waals surface area contributed by atoms with Gasteiger partial charge >= 0.3 is 21.1 Å². The maximum atomic E-state index is 7.50. The van der Waals surface area contributed by atoms with Gasteiger partial charge in [-0.05, 0) is 29.6 Å². The fourth-order valence-corrected chi connectivity index (χ4v) is 2.39. The largest absolute Gasteiger partial charge is 3.00 e. The second-order valence-corrected chi connectivity index (χ2v) is 4.30. The van der Waals surface area contributed by atoms with Gasteiger partial charge in [-0.3, -0.25) is 0 Å². The Morgan fingerprint density at radius 2 is 0.667 bits per heavy atom. The first-order valence-corrected chi connectivity index (χ1v) is 4.76. The van der Waals surface area contributed by atoms with Gasteiger partial charge in [0.15, 0.2) is 0 Å². The van der Waals surface area contributed by atoms with Crippen LogP contribution in [0, 0.1) is 54.9 Å². The Morgan fingerprint density at radius 3 is 0.733 bits per heavy atom. The van der Waals surface area contributed by atoms with Crippen LogP contribution in [0.5, 0.6) is 0 Å². The van der Waals surface area contributed by atoms with E-state index in [0.717, 1.165) is 29.6 Å². The molecule has 0 saturated heterocycles. The molecule has 0 amide bonds. The van der Waals surface area contributed by atoms with E-state index < -0.39 is 0 Å². The van der Waals surface area contributed by atoms with E-state index in [4.69, 9.17) is 4.91 Å². The summed E-state index contributed by atoms with van der Waals surface area (Å²) in [6.07, 6.45) is 0. The summed E-state index contributed by atoms with van der Waals surface area (Å²) in [6, 6.07) is 0. The van der Waals surface area contributed by atoms with Gasteiger partial charge in [0.05, 0.1) is 0 Å². The normalized spacial score (nSPS) is 37.3. The molecule has 91 valence electrons. The van der Waals surface area contributed by atoms with Gasteiger partial charge in [0, 0.05) is 0 Å². The molecule has 0 unspecified atom stereocenters. The predicted molar refractivity (Wildman–Crippen MR) is 64.7 cm³/mol. The smallest absolute Gasteiger partial charge is 0.358 e. The molecule has 0 heterocycles. The van der Waals surface area contributed by atoms with E-state index in [0.29, 0.717) is 0 Å². The van der Waals surface area contributed by atoms with E-state index in [1.807, 2.05) is 0 Å². The third-order valence-electron chi connectivity index (χ3n) is 4.15. The SMILES string of the molecule is CC1C(C)C(C)C(C)C1C.N=O.[CH3-].[CH3-].[Mo+3]. The molecule has 1 fully saturated rings. The summed E-state index contributed by atoms with van der Waals surface area (Å²) in [4.78, 5) is 7.50. The van der Waals surface area contributed by atoms with Gasteiger partial charge in [-0.2, -0.15) is 4.91 Å². The molecule has 0 aromatic rings. The molecule has 0 bridgehead atoms. The van der Waals surface area contributed by atoms with Gasteiger partial charge in [-0.15, -0.1) is 0 Å². The Kier molecular flexibility index (Phi) is 17.6. The van der Waals surface area contributed by atoms with E-state index in [9.17, 15) is 0 Å². The summed E-state index contributed by atoms with van der Waals surface area (Å²) < 4.78 is 0. The molecular formula is C12H27MoNO+. The molecule has 1 saturated carbocycles. The molecule has 0 aliphatic heterocycles. The van der Waals surface area contributed by atoms with Crippen LogP contribution < -0.4 is 0 Å². The minimum absolute atomic E-state index is 0. The average Bonchev–Trinajstić information content (AvgIpc) is 2.27. The summed E-state index contributed by atoms with van der Waals surface area (Å²) >= 11 is 0. The van der Waals surface area contributed by atoms with Crippen molar-refractivity contribution in [3.63, 3.8) is 0 Å². The quantitative estimate of drug-likeness (QED) is 0.401. The van der Waals surface area contributed by atoms with E-state index >= 15 is 0 Å². The maximum Gasteiger partial charge on any atom is 3.00 e. The fourth-order valence-electron chi connectivity index (χ4n) is 2.39. The molecule has 1 aliphatic carbocycles. The van der Waals surface area contributed by atoms with Crippen LogP contribution in [0.15, 0.2) is 0 Å². The molecule has 1 aliphatic rings. The Bertz CT molecular complexity index is 98.8. The first kappa shape index (κ1) is 24.5. The Labute approximate surface area is 111 Å². The van der Waals surface area contributed by atoms with Crippen molar-refractivity contribution < 1.29 is 21.1 Å². The van der Waals surface area contributed by atoms with Crippen LogP contribution >= 0.6 is 0 Å². The second-order valence-electron chi connectivity index (χ2n) is 4.30. The van der Waals surface area contributed by atoms with Crippen molar-refractivity contribution in [2.24, 2.45) is 29.6 Å². The number of rotatable bonds is 0. The van der Waals surface area contributed by atoms with Crippen LogP contribution in [0.1, 0.15) is 34.6 Å². The van der Waals surface area contributed by atoms with Gasteiger partial charge < -0.3 is 14.9 Å². The Morgan fingerprint density at radius 1 is 0.600 bits per heavy atom. The van der Waals surface area contributed by atoms with E-state index in [1.54, 1.807) is 0 Å². The molecule has 1 N–H and O–H groups in total. The standard InChI is InChI=1S/C10H20.2CH3.Mo.HNO/c1-6-7(2)9(4)10(5)8(6)3;;;;1-2/h6-10H,1-5H3;2*1H3;;1H/q;2*-1;+3;. The summed E-state index contributed by atoms with van der Waals surface area (Å²) in [5, 5.41) is 0. The molecule has 2 nitrogen and oxygen atoms in total. The second kappa shape index (κ2) is 10.8. The van der Waals surface area contributed by atoms with E-state index in [2.05, 4.69) is 40.2 Å². The summed E-state index contributed by atoms with van der Waals surface area (Å²) in [6.45, 7) is 12.0. The molecule has 15 heavy (non-hydrogen) atoms. The van der Waals surface area contributed by atoms with Crippen LogP contribution in [0.2, 0.25) is 0 Å². The monoisotopic (exact) mass is 299 g/mol. The first-order chi connectivity index (χ1) is 5.55. The van der Waals surface area contributed by atoms with Crippen molar-refractivity contribution in [3.8, 4) is 0 Å². The van der Waals surface area contributed by atoms with Gasteiger partial charge in [-0.25, -0.2) is 0 Å². The van der Waals surface area contributed by atoms with Gasteiger partial charge in [0.1, 0.15) is 0 Å². The minimum atomic E-state index is 0. The van der Waals surface area contributed by atoms with Crippen LogP contribution in [-0.4, -0.2) is 0 Å². The minimum Gasteiger partial charge on any atom is -0.358 e. The zero-order valence-corrected chi connectivity index (χ0v) is 13.2. The van der Waals surface area contributed by atoms with Crippen molar-refractivity contribution >= 4 is 0 Å². The molecular weight excluding hydrogens is 270 g/mol. The van der Waals surface area contributed by atoms with Crippen molar-refractivity contribution in [2.45, 2.75) is 34.6 Å². The van der Waals surface area contributed by atoms with E-state index in [1.165, 1.54) is 0 Å². The zero-order chi connectivity index (χ0) is 9.89. The van der Waals surface area contributed by atoms with Crippen molar-refractivity contribution in [1.29, 1.82) is 5.59 Å². The fraction of sp³-hybridized carbons (Fsp3) is 0.833. The molecule has 0 atom stereocenters. The number of nitroso groups, excluding NO2 is 1. The van der Waals surface area contributed by atoms with Crippen LogP contribution in [-0.2, 0) is 21.1 Å². The van der Waals surface area contributed by atoms with E-state index in [-0.39, 0.29) is 35.9 Å². The van der Waals surface area contributed by atoms with Crippen molar-refractivity contribution in [1.82, 2.24) is 0 Å². The number of hydrogen-bond donors (Lipinski definition) is 1. The predicted octanol–water partition coefficient (Wildman–Crippen LogP) is 4.41. The van der Waals surface area contributed by atoms with Gasteiger partial charge in [0.2, 0.25) is 0 Å².